The number of aromatic nitrogens is 2. The third-order valence-corrected chi connectivity index (χ3v) is 4.98. The molecular formula is C17H18N2O. The standard InChI is InChI=1S/C17H18N2O/c20-17-6-3-4-15(14-11-12-7-8-13(14)10-12)19(17)16-5-1-2-9-18-16/h1-6,9,12-14H,7-8,10-11H2/t12-,13+,14+/m1/s1. The highest BCUT2D eigenvalue weighted by Gasteiger charge is 2.41. The fourth-order valence-electron chi connectivity index (χ4n) is 4.13. The van der Waals surface area contributed by atoms with Gasteiger partial charge in [0.05, 0.1) is 0 Å². The van der Waals surface area contributed by atoms with Crippen molar-refractivity contribution in [2.45, 2.75) is 31.6 Å². The molecule has 2 aliphatic carbocycles. The van der Waals surface area contributed by atoms with Crippen LogP contribution in [0.3, 0.4) is 0 Å². The van der Waals surface area contributed by atoms with Gasteiger partial charge in [-0.1, -0.05) is 18.6 Å². The SMILES string of the molecule is O=c1cccc([C@H]2C[C@@H]3CC[C@H]2C3)n1-c1ccccn1. The molecule has 0 spiro atoms. The molecule has 2 fully saturated rings. The molecule has 2 aliphatic rings. The Morgan fingerprint density at radius 1 is 1.05 bits per heavy atom. The Morgan fingerprint density at radius 3 is 2.70 bits per heavy atom. The molecule has 0 amide bonds. The third kappa shape index (κ3) is 1.80. The molecule has 0 radical (unpaired) electrons. The summed E-state index contributed by atoms with van der Waals surface area (Å²) in [5.74, 6) is 2.91. The van der Waals surface area contributed by atoms with Crippen molar-refractivity contribution in [2.24, 2.45) is 11.8 Å². The third-order valence-electron chi connectivity index (χ3n) is 4.98. The van der Waals surface area contributed by atoms with Gasteiger partial charge in [-0.15, -0.1) is 0 Å². The minimum Gasteiger partial charge on any atom is -0.269 e. The van der Waals surface area contributed by atoms with Gasteiger partial charge in [0, 0.05) is 23.9 Å². The van der Waals surface area contributed by atoms with Gasteiger partial charge in [-0.25, -0.2) is 4.98 Å². The molecule has 102 valence electrons. The maximum Gasteiger partial charge on any atom is 0.256 e. The van der Waals surface area contributed by atoms with E-state index in [1.54, 1.807) is 12.3 Å². The van der Waals surface area contributed by atoms with E-state index in [1.165, 1.54) is 25.7 Å². The summed E-state index contributed by atoms with van der Waals surface area (Å²) in [6, 6.07) is 11.4. The normalized spacial score (nSPS) is 27.9. The second-order valence-corrected chi connectivity index (χ2v) is 6.09. The average molecular weight is 266 g/mol. The Labute approximate surface area is 118 Å². The summed E-state index contributed by atoms with van der Waals surface area (Å²) in [6.45, 7) is 0. The maximum atomic E-state index is 12.3. The molecule has 0 aromatic carbocycles. The fraction of sp³-hybridized carbons (Fsp3) is 0.412. The molecule has 0 saturated heterocycles. The van der Waals surface area contributed by atoms with Gasteiger partial charge in [0.25, 0.3) is 5.56 Å². The molecule has 3 nitrogen and oxygen atoms in total. The van der Waals surface area contributed by atoms with Crippen LogP contribution in [-0.4, -0.2) is 9.55 Å². The first kappa shape index (κ1) is 11.9. The largest absolute Gasteiger partial charge is 0.269 e. The number of nitrogens with zero attached hydrogens (tertiary/aromatic N) is 2. The first-order valence-corrected chi connectivity index (χ1v) is 7.46. The summed E-state index contributed by atoms with van der Waals surface area (Å²) in [5.41, 5.74) is 1.19. The summed E-state index contributed by atoms with van der Waals surface area (Å²) in [5, 5.41) is 0. The minimum atomic E-state index is 0.0315. The summed E-state index contributed by atoms with van der Waals surface area (Å²) >= 11 is 0. The predicted octanol–water partition coefficient (Wildman–Crippen LogP) is 3.14. The van der Waals surface area contributed by atoms with Crippen molar-refractivity contribution in [1.29, 1.82) is 0 Å². The van der Waals surface area contributed by atoms with Gasteiger partial charge in [0.15, 0.2) is 0 Å². The van der Waals surface area contributed by atoms with Crippen LogP contribution < -0.4 is 5.56 Å². The molecule has 3 heteroatoms. The molecule has 4 rings (SSSR count). The monoisotopic (exact) mass is 266 g/mol. The van der Waals surface area contributed by atoms with Gasteiger partial charge in [-0.2, -0.15) is 0 Å². The first-order valence-electron chi connectivity index (χ1n) is 7.46. The van der Waals surface area contributed by atoms with E-state index < -0.39 is 0 Å². The van der Waals surface area contributed by atoms with Crippen LogP contribution in [0.2, 0.25) is 0 Å². The highest BCUT2D eigenvalue weighted by atomic mass is 16.1. The van der Waals surface area contributed by atoms with E-state index in [4.69, 9.17) is 0 Å². The molecule has 2 saturated carbocycles. The molecule has 0 unspecified atom stereocenters. The zero-order valence-corrected chi connectivity index (χ0v) is 11.4. The lowest BCUT2D eigenvalue weighted by molar-refractivity contribution is 0.407. The molecule has 20 heavy (non-hydrogen) atoms. The Kier molecular flexibility index (Phi) is 2.72. The zero-order valence-electron chi connectivity index (χ0n) is 11.4. The van der Waals surface area contributed by atoms with Gasteiger partial charge in [-0.3, -0.25) is 9.36 Å². The molecule has 2 aromatic rings. The van der Waals surface area contributed by atoms with Crippen LogP contribution >= 0.6 is 0 Å². The van der Waals surface area contributed by atoms with E-state index in [9.17, 15) is 4.79 Å². The topological polar surface area (TPSA) is 34.9 Å². The first-order chi connectivity index (χ1) is 9.83. The Bertz CT molecular complexity index is 677. The average Bonchev–Trinajstić information content (AvgIpc) is 3.10. The van der Waals surface area contributed by atoms with Crippen LogP contribution in [-0.2, 0) is 0 Å². The Morgan fingerprint density at radius 2 is 2.00 bits per heavy atom. The van der Waals surface area contributed by atoms with Crippen LogP contribution in [0.25, 0.3) is 5.82 Å². The molecule has 2 aromatic heterocycles. The number of pyridine rings is 2. The van der Waals surface area contributed by atoms with Crippen molar-refractivity contribution >= 4 is 0 Å². The van der Waals surface area contributed by atoms with Crippen molar-refractivity contribution in [1.82, 2.24) is 9.55 Å². The van der Waals surface area contributed by atoms with Crippen LogP contribution in [0.1, 0.15) is 37.3 Å². The van der Waals surface area contributed by atoms with E-state index in [0.29, 0.717) is 5.92 Å². The summed E-state index contributed by atoms with van der Waals surface area (Å²) in [7, 11) is 0. The molecule has 2 bridgehead atoms. The van der Waals surface area contributed by atoms with E-state index >= 15 is 0 Å². The highest BCUT2D eigenvalue weighted by Crippen LogP contribution is 2.52. The lowest BCUT2D eigenvalue weighted by Gasteiger charge is -2.24. The number of hydrogen-bond donors (Lipinski definition) is 0. The number of hydrogen-bond acceptors (Lipinski definition) is 2. The van der Waals surface area contributed by atoms with E-state index in [0.717, 1.165) is 23.3 Å². The maximum absolute atomic E-state index is 12.3. The molecular weight excluding hydrogens is 248 g/mol. The van der Waals surface area contributed by atoms with Crippen LogP contribution in [0.4, 0.5) is 0 Å². The van der Waals surface area contributed by atoms with Crippen molar-refractivity contribution in [2.75, 3.05) is 0 Å². The second-order valence-electron chi connectivity index (χ2n) is 6.09. The van der Waals surface area contributed by atoms with Gasteiger partial charge < -0.3 is 0 Å². The summed E-state index contributed by atoms with van der Waals surface area (Å²) in [4.78, 5) is 16.7. The lowest BCUT2D eigenvalue weighted by atomic mass is 9.86. The molecule has 3 atom stereocenters. The van der Waals surface area contributed by atoms with Crippen molar-refractivity contribution in [3.63, 3.8) is 0 Å². The predicted molar refractivity (Wildman–Crippen MR) is 78.0 cm³/mol. The number of rotatable bonds is 2. The quantitative estimate of drug-likeness (QED) is 0.837. The summed E-state index contributed by atoms with van der Waals surface area (Å²) < 4.78 is 1.81. The number of fused-ring (bicyclic) bond motifs is 2. The smallest absolute Gasteiger partial charge is 0.256 e. The van der Waals surface area contributed by atoms with Gasteiger partial charge >= 0.3 is 0 Å². The molecule has 0 aliphatic heterocycles. The van der Waals surface area contributed by atoms with Crippen LogP contribution in [0.5, 0.6) is 0 Å². The van der Waals surface area contributed by atoms with Crippen molar-refractivity contribution < 1.29 is 0 Å². The Balaban J connectivity index is 1.85. The van der Waals surface area contributed by atoms with Gasteiger partial charge in [0.2, 0.25) is 0 Å². The van der Waals surface area contributed by atoms with Crippen LogP contribution in [0, 0.1) is 11.8 Å². The van der Waals surface area contributed by atoms with E-state index in [-0.39, 0.29) is 5.56 Å². The van der Waals surface area contributed by atoms with E-state index in [2.05, 4.69) is 11.1 Å². The molecule has 0 N–H and O–H groups in total. The van der Waals surface area contributed by atoms with Crippen molar-refractivity contribution in [3.05, 3.63) is 58.6 Å². The zero-order chi connectivity index (χ0) is 13.5. The van der Waals surface area contributed by atoms with Crippen LogP contribution in [0.15, 0.2) is 47.4 Å². The van der Waals surface area contributed by atoms with Crippen molar-refractivity contribution in [3.8, 4) is 5.82 Å². The minimum absolute atomic E-state index is 0.0315. The van der Waals surface area contributed by atoms with E-state index in [1.807, 2.05) is 28.8 Å². The second kappa shape index (κ2) is 4.58. The van der Waals surface area contributed by atoms with Gasteiger partial charge in [-0.05, 0) is 49.3 Å². The van der Waals surface area contributed by atoms with Gasteiger partial charge in [0.1, 0.15) is 5.82 Å². The Hall–Kier alpha value is -1.90. The summed E-state index contributed by atoms with van der Waals surface area (Å²) in [6.07, 6.45) is 7.03. The molecule has 2 heterocycles. The highest BCUT2D eigenvalue weighted by molar-refractivity contribution is 5.29. The lowest BCUT2D eigenvalue weighted by Crippen LogP contribution is -2.25. The fourth-order valence-corrected chi connectivity index (χ4v) is 4.13.